The average Bonchev–Trinajstić information content (AvgIpc) is 2.47. The van der Waals surface area contributed by atoms with Gasteiger partial charge in [0.2, 0.25) is 0 Å². The summed E-state index contributed by atoms with van der Waals surface area (Å²) in [5, 5.41) is 0. The van der Waals surface area contributed by atoms with Gasteiger partial charge in [-0.3, -0.25) is 4.79 Å². The van der Waals surface area contributed by atoms with E-state index in [9.17, 15) is 4.79 Å². The molecule has 19 heavy (non-hydrogen) atoms. The number of ether oxygens (including phenoxy) is 2. The lowest BCUT2D eigenvalue weighted by Crippen LogP contribution is -2.08. The molecule has 0 aliphatic rings. The van der Waals surface area contributed by atoms with Gasteiger partial charge in [-0.2, -0.15) is 0 Å². The molecule has 1 aromatic heterocycles. The van der Waals surface area contributed by atoms with Crippen molar-refractivity contribution < 1.29 is 14.3 Å². The number of hydrogen-bond donors (Lipinski definition) is 0. The zero-order valence-electron chi connectivity index (χ0n) is 10.9. The molecular weight excluding hydrogens is 242 g/mol. The third-order valence-corrected chi connectivity index (χ3v) is 2.80. The number of para-hydroxylation sites is 1. The highest BCUT2D eigenvalue weighted by Crippen LogP contribution is 2.22. The fourth-order valence-corrected chi connectivity index (χ4v) is 1.87. The van der Waals surface area contributed by atoms with Crippen molar-refractivity contribution in [2.24, 2.45) is 0 Å². The number of pyridine rings is 1. The van der Waals surface area contributed by atoms with Crippen LogP contribution in [0.4, 0.5) is 0 Å². The van der Waals surface area contributed by atoms with E-state index in [0.717, 1.165) is 5.56 Å². The molecule has 0 amide bonds. The lowest BCUT2D eigenvalue weighted by molar-refractivity contribution is 0.0984. The van der Waals surface area contributed by atoms with Gasteiger partial charge in [-0.1, -0.05) is 18.2 Å². The highest BCUT2D eigenvalue weighted by Gasteiger charge is 2.15. The Morgan fingerprint density at radius 2 is 1.74 bits per heavy atom. The normalized spacial score (nSPS) is 10.0. The molecule has 2 rings (SSSR count). The second kappa shape index (κ2) is 6.00. The molecule has 4 heteroatoms. The summed E-state index contributed by atoms with van der Waals surface area (Å²) in [6.07, 6.45) is 1.81. The van der Waals surface area contributed by atoms with Gasteiger partial charge < -0.3 is 9.47 Å². The van der Waals surface area contributed by atoms with E-state index in [1.54, 1.807) is 25.4 Å². The summed E-state index contributed by atoms with van der Waals surface area (Å²) in [5.41, 5.74) is 1.18. The van der Waals surface area contributed by atoms with Crippen molar-refractivity contribution in [2.45, 2.75) is 6.42 Å². The van der Waals surface area contributed by atoms with Gasteiger partial charge in [0.15, 0.2) is 5.78 Å². The molecule has 0 fully saturated rings. The minimum Gasteiger partial charge on any atom is -0.496 e. The Morgan fingerprint density at radius 1 is 1.05 bits per heavy atom. The summed E-state index contributed by atoms with van der Waals surface area (Å²) in [6, 6.07) is 10.9. The van der Waals surface area contributed by atoms with Crippen molar-refractivity contribution in [3.63, 3.8) is 0 Å². The van der Waals surface area contributed by atoms with Crippen LogP contribution in [-0.4, -0.2) is 25.0 Å². The SMILES string of the molecule is COc1ccccc1CC(=O)c1ncccc1OC. The van der Waals surface area contributed by atoms with E-state index in [4.69, 9.17) is 9.47 Å². The Hall–Kier alpha value is -2.36. The van der Waals surface area contributed by atoms with Crippen molar-refractivity contribution in [2.75, 3.05) is 14.2 Å². The van der Waals surface area contributed by atoms with Gasteiger partial charge in [0.25, 0.3) is 0 Å². The van der Waals surface area contributed by atoms with Crippen LogP contribution in [0.15, 0.2) is 42.6 Å². The van der Waals surface area contributed by atoms with Crippen molar-refractivity contribution in [3.8, 4) is 11.5 Å². The van der Waals surface area contributed by atoms with Gasteiger partial charge in [-0.05, 0) is 18.2 Å². The van der Waals surface area contributed by atoms with E-state index in [2.05, 4.69) is 4.98 Å². The van der Waals surface area contributed by atoms with Crippen molar-refractivity contribution in [3.05, 3.63) is 53.9 Å². The minimum absolute atomic E-state index is 0.0954. The molecule has 2 aromatic rings. The summed E-state index contributed by atoms with van der Waals surface area (Å²) in [6.45, 7) is 0. The van der Waals surface area contributed by atoms with Crippen molar-refractivity contribution in [1.82, 2.24) is 4.98 Å². The maximum atomic E-state index is 12.3. The van der Waals surface area contributed by atoms with Gasteiger partial charge in [-0.25, -0.2) is 4.98 Å². The number of benzene rings is 1. The van der Waals surface area contributed by atoms with Crippen LogP contribution in [-0.2, 0) is 6.42 Å². The Bertz CT molecular complexity index is 581. The molecule has 0 spiro atoms. The fourth-order valence-electron chi connectivity index (χ4n) is 1.87. The standard InChI is InChI=1S/C15H15NO3/c1-18-13-7-4-3-6-11(13)10-12(17)15-14(19-2)8-5-9-16-15/h3-9H,10H2,1-2H3. The molecule has 0 aliphatic carbocycles. The lowest BCUT2D eigenvalue weighted by Gasteiger charge is -2.09. The fraction of sp³-hybridized carbons (Fsp3) is 0.200. The Morgan fingerprint density at radius 3 is 2.47 bits per heavy atom. The molecular formula is C15H15NO3. The van der Waals surface area contributed by atoms with Gasteiger partial charge >= 0.3 is 0 Å². The summed E-state index contributed by atoms with van der Waals surface area (Å²) < 4.78 is 10.4. The Balaban J connectivity index is 2.26. The molecule has 0 atom stereocenters. The maximum absolute atomic E-state index is 12.3. The third-order valence-electron chi connectivity index (χ3n) is 2.80. The van der Waals surface area contributed by atoms with Crippen LogP contribution in [0.3, 0.4) is 0 Å². The van der Waals surface area contributed by atoms with Gasteiger partial charge in [0.05, 0.1) is 14.2 Å². The number of ketones is 1. The topological polar surface area (TPSA) is 48.4 Å². The van der Waals surface area contributed by atoms with E-state index >= 15 is 0 Å². The summed E-state index contributed by atoms with van der Waals surface area (Å²) in [5.74, 6) is 1.09. The number of hydrogen-bond acceptors (Lipinski definition) is 4. The summed E-state index contributed by atoms with van der Waals surface area (Å²) >= 11 is 0. The maximum Gasteiger partial charge on any atom is 0.189 e. The highest BCUT2D eigenvalue weighted by atomic mass is 16.5. The van der Waals surface area contributed by atoms with Gasteiger partial charge in [0.1, 0.15) is 17.2 Å². The van der Waals surface area contributed by atoms with Crippen molar-refractivity contribution >= 4 is 5.78 Å². The quantitative estimate of drug-likeness (QED) is 0.772. The molecule has 0 saturated heterocycles. The molecule has 1 aromatic carbocycles. The van der Waals surface area contributed by atoms with Crippen LogP contribution < -0.4 is 9.47 Å². The number of carbonyl (C=O) groups is 1. The third kappa shape index (κ3) is 2.91. The predicted octanol–water partition coefficient (Wildman–Crippen LogP) is 2.52. The molecule has 0 N–H and O–H groups in total. The second-order valence-electron chi connectivity index (χ2n) is 3.97. The van der Waals surface area contributed by atoms with E-state index in [1.165, 1.54) is 7.11 Å². The molecule has 0 unspecified atom stereocenters. The van der Waals surface area contributed by atoms with Crippen molar-refractivity contribution in [1.29, 1.82) is 0 Å². The number of Topliss-reactive ketones (excluding diaryl/α,β-unsaturated/α-hetero) is 1. The average molecular weight is 257 g/mol. The number of nitrogens with zero attached hydrogens (tertiary/aromatic N) is 1. The molecule has 0 aliphatic heterocycles. The molecule has 0 radical (unpaired) electrons. The van der Waals surface area contributed by atoms with Crippen LogP contribution in [0, 0.1) is 0 Å². The molecule has 1 heterocycles. The van der Waals surface area contributed by atoms with Gasteiger partial charge in [0, 0.05) is 18.2 Å². The number of methoxy groups -OCH3 is 2. The highest BCUT2D eigenvalue weighted by molar-refractivity contribution is 5.98. The first-order valence-corrected chi connectivity index (χ1v) is 5.90. The lowest BCUT2D eigenvalue weighted by atomic mass is 10.1. The molecule has 98 valence electrons. The number of rotatable bonds is 5. The largest absolute Gasteiger partial charge is 0.496 e. The molecule has 0 saturated carbocycles. The van der Waals surface area contributed by atoms with Crippen LogP contribution in [0.2, 0.25) is 0 Å². The van der Waals surface area contributed by atoms with Crippen LogP contribution >= 0.6 is 0 Å². The molecule has 4 nitrogen and oxygen atoms in total. The van der Waals surface area contributed by atoms with Crippen LogP contribution in [0.5, 0.6) is 11.5 Å². The number of carbonyl (C=O) groups excluding carboxylic acids is 1. The Labute approximate surface area is 112 Å². The van der Waals surface area contributed by atoms with Crippen LogP contribution in [0.1, 0.15) is 16.1 Å². The monoisotopic (exact) mass is 257 g/mol. The predicted molar refractivity (Wildman–Crippen MR) is 71.8 cm³/mol. The molecule has 0 bridgehead atoms. The smallest absolute Gasteiger partial charge is 0.189 e. The van der Waals surface area contributed by atoms with E-state index in [-0.39, 0.29) is 12.2 Å². The zero-order valence-corrected chi connectivity index (χ0v) is 10.9. The minimum atomic E-state index is -0.0954. The summed E-state index contributed by atoms with van der Waals surface area (Å²) in [7, 11) is 3.11. The van der Waals surface area contributed by atoms with E-state index in [1.807, 2.05) is 24.3 Å². The second-order valence-corrected chi connectivity index (χ2v) is 3.97. The van der Waals surface area contributed by atoms with Crippen LogP contribution in [0.25, 0.3) is 0 Å². The van der Waals surface area contributed by atoms with Gasteiger partial charge in [-0.15, -0.1) is 0 Å². The first kappa shape index (κ1) is 13.1. The number of aromatic nitrogens is 1. The first-order chi connectivity index (χ1) is 9.26. The van der Waals surface area contributed by atoms with E-state index in [0.29, 0.717) is 17.2 Å². The Kier molecular flexibility index (Phi) is 4.13. The summed E-state index contributed by atoms with van der Waals surface area (Å²) in [4.78, 5) is 16.3. The first-order valence-electron chi connectivity index (χ1n) is 5.90. The van der Waals surface area contributed by atoms with E-state index < -0.39 is 0 Å². The zero-order chi connectivity index (χ0) is 13.7.